The minimum Gasteiger partial charge on any atom is -0.480 e. The zero-order valence-corrected chi connectivity index (χ0v) is 11.8. The highest BCUT2D eigenvalue weighted by molar-refractivity contribution is 5.86. The van der Waals surface area contributed by atoms with Crippen LogP contribution < -0.4 is 0 Å². The molecule has 1 aliphatic heterocycles. The van der Waals surface area contributed by atoms with Gasteiger partial charge in [0.05, 0.1) is 18.2 Å². The maximum atomic E-state index is 12.3. The number of aryl methyl sites for hydroxylation is 2. The minimum atomic E-state index is -1.00. The fraction of sp³-hybridized carbons (Fsp3) is 0.615. The topological polar surface area (TPSA) is 92.9 Å². The summed E-state index contributed by atoms with van der Waals surface area (Å²) in [5.41, 5.74) is 1.38. The van der Waals surface area contributed by atoms with Gasteiger partial charge in [-0.25, -0.2) is 4.79 Å². The van der Waals surface area contributed by atoms with Crippen LogP contribution in [-0.2, 0) is 20.7 Å². The number of aromatic nitrogens is 1. The van der Waals surface area contributed by atoms with E-state index < -0.39 is 12.0 Å². The Labute approximate surface area is 116 Å². The van der Waals surface area contributed by atoms with Gasteiger partial charge in [-0.3, -0.25) is 4.79 Å². The van der Waals surface area contributed by atoms with Gasteiger partial charge in [0.15, 0.2) is 0 Å². The van der Waals surface area contributed by atoms with E-state index in [0.717, 1.165) is 5.56 Å². The van der Waals surface area contributed by atoms with Gasteiger partial charge in [-0.15, -0.1) is 0 Å². The third kappa shape index (κ3) is 2.67. The number of nitrogens with zero attached hydrogens (tertiary/aromatic N) is 2. The minimum absolute atomic E-state index is 0.0986. The fourth-order valence-electron chi connectivity index (χ4n) is 2.48. The van der Waals surface area contributed by atoms with Gasteiger partial charge in [-0.2, -0.15) is 0 Å². The zero-order valence-electron chi connectivity index (χ0n) is 11.8. The molecule has 20 heavy (non-hydrogen) atoms. The molecule has 7 nitrogen and oxygen atoms in total. The van der Waals surface area contributed by atoms with Crippen molar-refractivity contribution in [3.63, 3.8) is 0 Å². The number of aliphatic carboxylic acids is 1. The Morgan fingerprint density at radius 3 is 2.70 bits per heavy atom. The molecule has 0 spiro atoms. The van der Waals surface area contributed by atoms with Gasteiger partial charge in [0, 0.05) is 25.6 Å². The van der Waals surface area contributed by atoms with E-state index in [2.05, 4.69) is 5.16 Å². The Morgan fingerprint density at radius 2 is 2.20 bits per heavy atom. The second kappa shape index (κ2) is 5.62. The van der Waals surface area contributed by atoms with Crippen LogP contribution in [0.4, 0.5) is 0 Å². The molecule has 0 saturated carbocycles. The molecule has 2 rings (SSSR count). The SMILES string of the molecule is COC1CC(C(=O)O)N(C(=O)Cc2c(C)noc2C)C1. The van der Waals surface area contributed by atoms with E-state index in [9.17, 15) is 14.7 Å². The smallest absolute Gasteiger partial charge is 0.326 e. The first-order valence-corrected chi connectivity index (χ1v) is 6.40. The molecule has 1 aromatic heterocycles. The number of rotatable bonds is 4. The number of likely N-dealkylation sites (tertiary alicyclic amines) is 1. The maximum absolute atomic E-state index is 12.3. The van der Waals surface area contributed by atoms with E-state index in [1.807, 2.05) is 0 Å². The molecule has 1 saturated heterocycles. The van der Waals surface area contributed by atoms with Crippen LogP contribution in [0.15, 0.2) is 4.52 Å². The molecule has 1 fully saturated rings. The molecule has 2 atom stereocenters. The number of carbonyl (C=O) groups is 2. The molecule has 0 aliphatic carbocycles. The molecule has 1 aliphatic rings. The summed E-state index contributed by atoms with van der Waals surface area (Å²) in [6.07, 6.45) is 0.185. The predicted molar refractivity (Wildman–Crippen MR) is 68.2 cm³/mol. The van der Waals surface area contributed by atoms with Gasteiger partial charge >= 0.3 is 5.97 Å². The maximum Gasteiger partial charge on any atom is 0.326 e. The van der Waals surface area contributed by atoms with Crippen LogP contribution in [0.5, 0.6) is 0 Å². The fourth-order valence-corrected chi connectivity index (χ4v) is 2.48. The van der Waals surface area contributed by atoms with Crippen LogP contribution in [0.2, 0.25) is 0 Å². The number of carboxylic acids is 1. The zero-order chi connectivity index (χ0) is 14.9. The summed E-state index contributed by atoms with van der Waals surface area (Å²) >= 11 is 0. The molecule has 2 heterocycles. The Kier molecular flexibility index (Phi) is 4.08. The predicted octanol–water partition coefficient (Wildman–Crippen LogP) is 0.534. The molecule has 1 N–H and O–H groups in total. The van der Waals surface area contributed by atoms with Crippen LogP contribution in [0.1, 0.15) is 23.4 Å². The average Bonchev–Trinajstić information content (AvgIpc) is 2.97. The standard InChI is InChI=1S/C13H18N2O5/c1-7-10(8(2)20-14-7)5-12(16)15-6-9(19-3)4-11(15)13(17)18/h9,11H,4-6H2,1-3H3,(H,17,18). The number of hydrogen-bond donors (Lipinski definition) is 1. The molecule has 0 aromatic carbocycles. The van der Waals surface area contributed by atoms with Crippen molar-refractivity contribution < 1.29 is 24.0 Å². The Hall–Kier alpha value is -1.89. The van der Waals surface area contributed by atoms with Gasteiger partial charge < -0.3 is 19.3 Å². The summed E-state index contributed by atoms with van der Waals surface area (Å²) in [7, 11) is 1.52. The summed E-state index contributed by atoms with van der Waals surface area (Å²) < 4.78 is 10.2. The molecule has 0 bridgehead atoms. The van der Waals surface area contributed by atoms with Crippen LogP contribution in [0.25, 0.3) is 0 Å². The first-order chi connectivity index (χ1) is 9.43. The number of hydrogen-bond acceptors (Lipinski definition) is 5. The van der Waals surface area contributed by atoms with Gasteiger partial charge in [-0.1, -0.05) is 5.16 Å². The van der Waals surface area contributed by atoms with Crippen molar-refractivity contribution >= 4 is 11.9 Å². The van der Waals surface area contributed by atoms with E-state index in [-0.39, 0.29) is 18.4 Å². The highest BCUT2D eigenvalue weighted by Gasteiger charge is 2.39. The summed E-state index contributed by atoms with van der Waals surface area (Å²) in [6.45, 7) is 3.80. The largest absolute Gasteiger partial charge is 0.480 e. The third-order valence-corrected chi connectivity index (χ3v) is 3.71. The summed E-state index contributed by atoms with van der Waals surface area (Å²) in [4.78, 5) is 24.9. The lowest BCUT2D eigenvalue weighted by Crippen LogP contribution is -2.41. The van der Waals surface area contributed by atoms with Crippen LogP contribution >= 0.6 is 0 Å². The molecule has 1 amide bonds. The summed E-state index contributed by atoms with van der Waals surface area (Å²) in [5, 5.41) is 13.0. The van der Waals surface area contributed by atoms with Crippen molar-refractivity contribution in [2.24, 2.45) is 0 Å². The molecule has 2 unspecified atom stereocenters. The van der Waals surface area contributed by atoms with Crippen molar-refractivity contribution in [2.45, 2.75) is 38.8 Å². The first kappa shape index (κ1) is 14.5. The molecule has 0 radical (unpaired) electrons. The normalized spacial score (nSPS) is 22.2. The van der Waals surface area contributed by atoms with Crippen LogP contribution in [0.3, 0.4) is 0 Å². The molecular weight excluding hydrogens is 264 g/mol. The highest BCUT2D eigenvalue weighted by atomic mass is 16.5. The lowest BCUT2D eigenvalue weighted by atomic mass is 10.1. The monoisotopic (exact) mass is 282 g/mol. The van der Waals surface area contributed by atoms with Crippen molar-refractivity contribution in [3.8, 4) is 0 Å². The van der Waals surface area contributed by atoms with Crippen molar-refractivity contribution in [2.75, 3.05) is 13.7 Å². The number of methoxy groups -OCH3 is 1. The van der Waals surface area contributed by atoms with Gasteiger partial charge in [0.25, 0.3) is 0 Å². The number of carbonyl (C=O) groups excluding carboxylic acids is 1. The van der Waals surface area contributed by atoms with Crippen LogP contribution in [0, 0.1) is 13.8 Å². The Balaban J connectivity index is 2.13. The third-order valence-electron chi connectivity index (χ3n) is 3.71. The number of amides is 1. The highest BCUT2D eigenvalue weighted by Crippen LogP contribution is 2.22. The van der Waals surface area contributed by atoms with Gasteiger partial charge in [0.2, 0.25) is 5.91 Å². The molecule has 1 aromatic rings. The summed E-state index contributed by atoms with van der Waals surface area (Å²) in [5.74, 6) is -0.659. The molecule has 7 heteroatoms. The summed E-state index contributed by atoms with van der Waals surface area (Å²) in [6, 6.07) is -0.826. The lowest BCUT2D eigenvalue weighted by Gasteiger charge is -2.21. The second-order valence-electron chi connectivity index (χ2n) is 4.97. The van der Waals surface area contributed by atoms with E-state index in [4.69, 9.17) is 9.26 Å². The van der Waals surface area contributed by atoms with E-state index in [1.165, 1.54) is 12.0 Å². The van der Waals surface area contributed by atoms with E-state index in [1.54, 1.807) is 13.8 Å². The van der Waals surface area contributed by atoms with Gasteiger partial charge in [-0.05, 0) is 13.8 Å². The van der Waals surface area contributed by atoms with E-state index >= 15 is 0 Å². The quantitative estimate of drug-likeness (QED) is 0.866. The second-order valence-corrected chi connectivity index (χ2v) is 4.97. The van der Waals surface area contributed by atoms with E-state index in [0.29, 0.717) is 24.4 Å². The molecule has 110 valence electrons. The van der Waals surface area contributed by atoms with Crippen LogP contribution in [-0.4, -0.2) is 52.8 Å². The van der Waals surface area contributed by atoms with Crippen molar-refractivity contribution in [1.29, 1.82) is 0 Å². The Morgan fingerprint density at radius 1 is 1.50 bits per heavy atom. The average molecular weight is 282 g/mol. The first-order valence-electron chi connectivity index (χ1n) is 6.40. The number of ether oxygens (including phenoxy) is 1. The lowest BCUT2D eigenvalue weighted by molar-refractivity contribution is -0.148. The Bertz CT molecular complexity index is 505. The van der Waals surface area contributed by atoms with Gasteiger partial charge in [0.1, 0.15) is 11.8 Å². The van der Waals surface area contributed by atoms with Crippen molar-refractivity contribution in [1.82, 2.24) is 10.1 Å². The van der Waals surface area contributed by atoms with Crippen molar-refractivity contribution in [3.05, 3.63) is 17.0 Å². The number of carboxylic acid groups (broad SMARTS) is 1. The molecular formula is C13H18N2O5.